The van der Waals surface area contributed by atoms with E-state index in [0.29, 0.717) is 6.54 Å². The van der Waals surface area contributed by atoms with E-state index in [2.05, 4.69) is 15.4 Å². The minimum atomic E-state index is -0.340. The quantitative estimate of drug-likeness (QED) is 0.849. The minimum absolute atomic E-state index is 0.00257. The lowest BCUT2D eigenvalue weighted by Crippen LogP contribution is -2.45. The highest BCUT2D eigenvalue weighted by molar-refractivity contribution is 7.10. The summed E-state index contributed by atoms with van der Waals surface area (Å²) in [5.74, 6) is 0.808. The number of likely N-dealkylation sites (tertiary alicyclic amines) is 1. The topological polar surface area (TPSA) is 78.7 Å². The Bertz CT molecular complexity index is 884. The SMILES string of the molecule is CNC(=O)[C@H]1CCCN1C(=O)c1csc2c1CCN(Cc1c(C)noc1C)C2. The predicted octanol–water partition coefficient (Wildman–Crippen LogP) is 2.26. The van der Waals surface area contributed by atoms with Crippen molar-refractivity contribution in [3.05, 3.63) is 38.4 Å². The molecule has 2 aromatic rings. The number of carbonyl (C=O) groups is 2. The number of nitrogens with zero attached hydrogens (tertiary/aromatic N) is 3. The van der Waals surface area contributed by atoms with Crippen LogP contribution in [0.3, 0.4) is 0 Å². The third-order valence-electron chi connectivity index (χ3n) is 5.88. The maximum Gasteiger partial charge on any atom is 0.255 e. The zero-order valence-electron chi connectivity index (χ0n) is 16.6. The highest BCUT2D eigenvalue weighted by Gasteiger charge is 2.36. The lowest BCUT2D eigenvalue weighted by molar-refractivity contribution is -0.124. The fourth-order valence-electron chi connectivity index (χ4n) is 4.25. The van der Waals surface area contributed by atoms with Crippen LogP contribution in [0.5, 0.6) is 0 Å². The van der Waals surface area contributed by atoms with E-state index in [1.54, 1.807) is 23.3 Å². The third kappa shape index (κ3) is 3.35. The Kier molecular flexibility index (Phi) is 5.25. The summed E-state index contributed by atoms with van der Waals surface area (Å²) in [4.78, 5) is 30.6. The number of hydrogen-bond acceptors (Lipinski definition) is 6. The lowest BCUT2D eigenvalue weighted by Gasteiger charge is -2.28. The number of hydrogen-bond donors (Lipinski definition) is 1. The summed E-state index contributed by atoms with van der Waals surface area (Å²) < 4.78 is 5.28. The first-order valence-electron chi connectivity index (χ1n) is 9.75. The van der Waals surface area contributed by atoms with Crippen LogP contribution in [0.1, 0.15) is 50.7 Å². The molecule has 1 fully saturated rings. The molecular weight excluding hydrogens is 376 g/mol. The van der Waals surface area contributed by atoms with Gasteiger partial charge in [0.2, 0.25) is 5.91 Å². The van der Waals surface area contributed by atoms with Crippen LogP contribution in [-0.4, -0.2) is 52.9 Å². The van der Waals surface area contributed by atoms with Gasteiger partial charge in [0.05, 0.1) is 11.3 Å². The summed E-state index contributed by atoms with van der Waals surface area (Å²) in [7, 11) is 1.63. The van der Waals surface area contributed by atoms with Gasteiger partial charge < -0.3 is 14.7 Å². The zero-order chi connectivity index (χ0) is 19.8. The van der Waals surface area contributed by atoms with Gasteiger partial charge >= 0.3 is 0 Å². The van der Waals surface area contributed by atoms with Gasteiger partial charge in [-0.3, -0.25) is 14.5 Å². The minimum Gasteiger partial charge on any atom is -0.361 e. The number of amides is 2. The molecule has 1 N–H and O–H groups in total. The standard InChI is InChI=1S/C20H26N4O3S/c1-12-15(13(2)27-22-12)9-23-8-6-14-16(11-28-18(14)10-23)20(26)24-7-4-5-17(24)19(25)21-3/h11,17H,4-10H2,1-3H3,(H,21,25)/t17-/m1/s1. The molecule has 0 saturated carbocycles. The second-order valence-corrected chi connectivity index (χ2v) is 8.55. The molecule has 2 aliphatic heterocycles. The Hall–Kier alpha value is -2.19. The van der Waals surface area contributed by atoms with E-state index in [9.17, 15) is 9.59 Å². The number of thiophene rings is 1. The van der Waals surface area contributed by atoms with Gasteiger partial charge in [-0.15, -0.1) is 11.3 Å². The van der Waals surface area contributed by atoms with Crippen LogP contribution >= 0.6 is 11.3 Å². The second-order valence-electron chi connectivity index (χ2n) is 7.59. The van der Waals surface area contributed by atoms with E-state index in [4.69, 9.17) is 4.52 Å². The molecule has 8 heteroatoms. The molecular formula is C20H26N4O3S. The van der Waals surface area contributed by atoms with Crippen LogP contribution in [0.2, 0.25) is 0 Å². The average Bonchev–Trinajstić information content (AvgIpc) is 3.41. The molecule has 2 aliphatic rings. The Morgan fingerprint density at radius 3 is 2.89 bits per heavy atom. The van der Waals surface area contributed by atoms with Gasteiger partial charge in [-0.05, 0) is 38.7 Å². The molecule has 1 saturated heterocycles. The van der Waals surface area contributed by atoms with Crippen molar-refractivity contribution in [2.45, 2.75) is 52.2 Å². The summed E-state index contributed by atoms with van der Waals surface area (Å²) in [6.45, 7) is 7.11. The molecule has 2 amide bonds. The fourth-order valence-corrected chi connectivity index (χ4v) is 5.37. The van der Waals surface area contributed by atoms with Gasteiger partial charge in [0, 0.05) is 49.0 Å². The number of aromatic nitrogens is 1. The van der Waals surface area contributed by atoms with Crippen LogP contribution in [0.15, 0.2) is 9.90 Å². The number of carbonyl (C=O) groups excluding carboxylic acids is 2. The molecule has 0 spiro atoms. The van der Waals surface area contributed by atoms with Gasteiger partial charge in [0.25, 0.3) is 5.91 Å². The molecule has 0 radical (unpaired) electrons. The highest BCUT2D eigenvalue weighted by Crippen LogP contribution is 2.32. The van der Waals surface area contributed by atoms with Crippen molar-refractivity contribution >= 4 is 23.2 Å². The van der Waals surface area contributed by atoms with Crippen molar-refractivity contribution in [3.63, 3.8) is 0 Å². The van der Waals surface area contributed by atoms with E-state index >= 15 is 0 Å². The normalized spacial score (nSPS) is 19.7. The maximum atomic E-state index is 13.2. The zero-order valence-corrected chi connectivity index (χ0v) is 17.4. The molecule has 28 heavy (non-hydrogen) atoms. The Morgan fingerprint density at radius 2 is 2.18 bits per heavy atom. The number of aryl methyl sites for hydroxylation is 2. The number of nitrogens with one attached hydrogen (secondary N) is 1. The van der Waals surface area contributed by atoms with E-state index in [0.717, 1.165) is 67.0 Å². The van der Waals surface area contributed by atoms with Crippen LogP contribution in [0.25, 0.3) is 0 Å². The first kappa shape index (κ1) is 19.1. The number of rotatable bonds is 4. The van der Waals surface area contributed by atoms with Crippen molar-refractivity contribution in [2.75, 3.05) is 20.1 Å². The molecule has 4 rings (SSSR count). The molecule has 0 unspecified atom stereocenters. The third-order valence-corrected chi connectivity index (χ3v) is 6.90. The largest absolute Gasteiger partial charge is 0.361 e. The molecule has 0 aliphatic carbocycles. The summed E-state index contributed by atoms with van der Waals surface area (Å²) in [6.07, 6.45) is 2.46. The van der Waals surface area contributed by atoms with Crippen LogP contribution < -0.4 is 5.32 Å². The summed E-state index contributed by atoms with van der Waals surface area (Å²) in [6, 6.07) is -0.340. The number of likely N-dealkylation sites (N-methyl/N-ethyl adjacent to an activating group) is 1. The fraction of sp³-hybridized carbons (Fsp3) is 0.550. The summed E-state index contributed by atoms with van der Waals surface area (Å²) in [5, 5.41) is 8.71. The van der Waals surface area contributed by atoms with Crippen LogP contribution in [0.4, 0.5) is 0 Å². The van der Waals surface area contributed by atoms with Crippen LogP contribution in [-0.2, 0) is 24.3 Å². The van der Waals surface area contributed by atoms with E-state index in [1.165, 1.54) is 4.88 Å². The maximum absolute atomic E-state index is 13.2. The van der Waals surface area contributed by atoms with Gasteiger partial charge in [0.15, 0.2) is 0 Å². The van der Waals surface area contributed by atoms with Gasteiger partial charge in [-0.2, -0.15) is 0 Å². The average molecular weight is 403 g/mol. The molecule has 7 nitrogen and oxygen atoms in total. The first-order valence-corrected chi connectivity index (χ1v) is 10.6. The summed E-state index contributed by atoms with van der Waals surface area (Å²) >= 11 is 1.65. The van der Waals surface area contributed by atoms with Crippen molar-refractivity contribution in [1.29, 1.82) is 0 Å². The summed E-state index contributed by atoms with van der Waals surface area (Å²) in [5.41, 5.74) is 4.04. The van der Waals surface area contributed by atoms with Gasteiger partial charge in [-0.1, -0.05) is 5.16 Å². The molecule has 1 atom stereocenters. The monoisotopic (exact) mass is 402 g/mol. The van der Waals surface area contributed by atoms with E-state index < -0.39 is 0 Å². The van der Waals surface area contributed by atoms with E-state index in [-0.39, 0.29) is 17.9 Å². The molecule has 2 aromatic heterocycles. The predicted molar refractivity (Wildman–Crippen MR) is 106 cm³/mol. The molecule has 4 heterocycles. The van der Waals surface area contributed by atoms with Gasteiger partial charge in [0.1, 0.15) is 11.8 Å². The van der Waals surface area contributed by atoms with Crippen molar-refractivity contribution in [2.24, 2.45) is 0 Å². The van der Waals surface area contributed by atoms with E-state index in [1.807, 2.05) is 19.2 Å². The van der Waals surface area contributed by atoms with Crippen molar-refractivity contribution < 1.29 is 14.1 Å². The smallest absolute Gasteiger partial charge is 0.255 e. The Morgan fingerprint density at radius 1 is 1.36 bits per heavy atom. The first-order chi connectivity index (χ1) is 13.5. The Labute approximate surface area is 168 Å². The second kappa shape index (κ2) is 7.67. The Balaban J connectivity index is 1.49. The van der Waals surface area contributed by atoms with Crippen LogP contribution in [0, 0.1) is 13.8 Å². The molecule has 0 bridgehead atoms. The van der Waals surface area contributed by atoms with Crippen molar-refractivity contribution in [3.8, 4) is 0 Å². The molecule has 150 valence electrons. The molecule has 0 aromatic carbocycles. The van der Waals surface area contributed by atoms with Gasteiger partial charge in [-0.25, -0.2) is 0 Å². The lowest BCUT2D eigenvalue weighted by atomic mass is 10.0. The highest BCUT2D eigenvalue weighted by atomic mass is 32.1. The van der Waals surface area contributed by atoms with Crippen molar-refractivity contribution in [1.82, 2.24) is 20.3 Å². The number of fused-ring (bicyclic) bond motifs is 1.